The molecule has 1 atom stereocenters. The van der Waals surface area contributed by atoms with E-state index < -0.39 is 0 Å². The predicted octanol–water partition coefficient (Wildman–Crippen LogP) is 5.18. The van der Waals surface area contributed by atoms with Crippen molar-refractivity contribution >= 4 is 23.2 Å². The van der Waals surface area contributed by atoms with Crippen LogP contribution in [0.5, 0.6) is 0 Å². The average molecular weight is 425 g/mol. The fraction of sp³-hybridized carbons (Fsp3) is 0.520. The van der Waals surface area contributed by atoms with Gasteiger partial charge in [0.05, 0.1) is 6.04 Å². The van der Waals surface area contributed by atoms with Gasteiger partial charge in [-0.05, 0) is 48.3 Å². The van der Waals surface area contributed by atoms with Gasteiger partial charge in [-0.25, -0.2) is 0 Å². The molecule has 1 aromatic carbocycles. The second-order valence-corrected chi connectivity index (χ2v) is 9.51. The lowest BCUT2D eigenvalue weighted by molar-refractivity contribution is -0.142. The fourth-order valence-electron chi connectivity index (χ4n) is 4.47. The Bertz CT molecular complexity index is 859. The largest absolute Gasteiger partial charge is 0.330 e. The minimum absolute atomic E-state index is 0.0468. The first kappa shape index (κ1) is 21.1. The predicted molar refractivity (Wildman–Crippen MR) is 122 cm³/mol. The SMILES string of the molecule is CCCCCCC(=O)N(CC(=O)N1CCc2sccc2C1c1ccccc1)C1CC1. The molecule has 1 fully saturated rings. The van der Waals surface area contributed by atoms with Crippen molar-refractivity contribution in [1.29, 1.82) is 0 Å². The summed E-state index contributed by atoms with van der Waals surface area (Å²) in [5, 5.41) is 2.13. The summed E-state index contributed by atoms with van der Waals surface area (Å²) in [6.07, 6.45) is 7.90. The van der Waals surface area contributed by atoms with E-state index in [1.165, 1.54) is 23.3 Å². The first-order valence-electron chi connectivity index (χ1n) is 11.4. The lowest BCUT2D eigenvalue weighted by Crippen LogP contribution is -2.47. The van der Waals surface area contributed by atoms with E-state index in [0.717, 1.165) is 44.2 Å². The Morgan fingerprint density at radius 2 is 1.90 bits per heavy atom. The Hall–Kier alpha value is -2.14. The van der Waals surface area contributed by atoms with Gasteiger partial charge in [0.25, 0.3) is 0 Å². The van der Waals surface area contributed by atoms with Crippen molar-refractivity contribution in [2.45, 2.75) is 70.4 Å². The molecule has 2 amide bonds. The van der Waals surface area contributed by atoms with Crippen molar-refractivity contribution < 1.29 is 9.59 Å². The molecular weight excluding hydrogens is 392 g/mol. The molecule has 2 aromatic rings. The summed E-state index contributed by atoms with van der Waals surface area (Å²) in [5.41, 5.74) is 2.39. The van der Waals surface area contributed by atoms with Crippen LogP contribution in [0.4, 0.5) is 0 Å². The first-order chi connectivity index (χ1) is 14.7. The van der Waals surface area contributed by atoms with Gasteiger partial charge < -0.3 is 9.80 Å². The summed E-state index contributed by atoms with van der Waals surface area (Å²) in [4.78, 5) is 31.6. The van der Waals surface area contributed by atoms with Gasteiger partial charge in [0.1, 0.15) is 6.54 Å². The number of carbonyl (C=O) groups is 2. The van der Waals surface area contributed by atoms with Crippen molar-refractivity contribution in [1.82, 2.24) is 9.80 Å². The zero-order valence-corrected chi connectivity index (χ0v) is 18.7. The number of nitrogens with zero attached hydrogens (tertiary/aromatic N) is 2. The molecule has 0 radical (unpaired) electrons. The quantitative estimate of drug-likeness (QED) is 0.520. The van der Waals surface area contributed by atoms with Crippen LogP contribution in [0.1, 0.15) is 73.9 Å². The number of fused-ring (bicyclic) bond motifs is 1. The van der Waals surface area contributed by atoms with Crippen molar-refractivity contribution in [2.24, 2.45) is 0 Å². The Morgan fingerprint density at radius 3 is 2.63 bits per heavy atom. The van der Waals surface area contributed by atoms with Gasteiger partial charge in [-0.3, -0.25) is 9.59 Å². The number of rotatable bonds is 9. The van der Waals surface area contributed by atoms with Crippen molar-refractivity contribution in [3.8, 4) is 0 Å². The van der Waals surface area contributed by atoms with Gasteiger partial charge in [-0.1, -0.05) is 56.5 Å². The minimum Gasteiger partial charge on any atom is -0.330 e. The molecule has 0 saturated heterocycles. The zero-order chi connectivity index (χ0) is 20.9. The summed E-state index contributed by atoms with van der Waals surface area (Å²) in [6.45, 7) is 3.12. The lowest BCUT2D eigenvalue weighted by Gasteiger charge is -2.37. The van der Waals surface area contributed by atoms with Gasteiger partial charge in [0, 0.05) is 23.9 Å². The van der Waals surface area contributed by atoms with E-state index in [0.29, 0.717) is 6.42 Å². The van der Waals surface area contributed by atoms with Crippen LogP contribution in [-0.2, 0) is 16.0 Å². The van der Waals surface area contributed by atoms with E-state index in [1.54, 1.807) is 11.3 Å². The number of amides is 2. The van der Waals surface area contributed by atoms with Crippen LogP contribution in [0.25, 0.3) is 0 Å². The molecule has 1 aliphatic heterocycles. The van der Waals surface area contributed by atoms with Gasteiger partial charge in [0.2, 0.25) is 11.8 Å². The van der Waals surface area contributed by atoms with Crippen molar-refractivity contribution in [3.05, 3.63) is 57.8 Å². The van der Waals surface area contributed by atoms with E-state index in [1.807, 2.05) is 28.0 Å². The number of hydrogen-bond acceptors (Lipinski definition) is 3. The third-order valence-corrected chi connectivity index (χ3v) is 7.26. The van der Waals surface area contributed by atoms with Crippen LogP contribution < -0.4 is 0 Å². The maximum atomic E-state index is 13.5. The summed E-state index contributed by atoms with van der Waals surface area (Å²) in [6, 6.07) is 12.7. The standard InChI is InChI=1S/C25H32N2O2S/c1-2-3-4-8-11-23(28)27(20-12-13-20)18-24(29)26-16-14-22-21(15-17-30-22)25(26)19-9-6-5-7-10-19/h5-7,9-10,15,17,20,25H,2-4,8,11-14,16,18H2,1H3. The van der Waals surface area contributed by atoms with Crippen molar-refractivity contribution in [3.63, 3.8) is 0 Å². The number of hydrogen-bond donors (Lipinski definition) is 0. The molecule has 0 spiro atoms. The van der Waals surface area contributed by atoms with Crippen LogP contribution in [0.3, 0.4) is 0 Å². The lowest BCUT2D eigenvalue weighted by atomic mass is 9.93. The molecule has 0 bridgehead atoms. The highest BCUT2D eigenvalue weighted by Gasteiger charge is 2.37. The number of thiophene rings is 1. The summed E-state index contributed by atoms with van der Waals surface area (Å²) in [5.74, 6) is 0.237. The van der Waals surface area contributed by atoms with Crippen LogP contribution in [-0.4, -0.2) is 40.7 Å². The van der Waals surface area contributed by atoms with E-state index in [2.05, 4.69) is 30.5 Å². The first-order valence-corrected chi connectivity index (χ1v) is 12.3. The van der Waals surface area contributed by atoms with E-state index in [9.17, 15) is 9.59 Å². The topological polar surface area (TPSA) is 40.6 Å². The molecule has 1 unspecified atom stereocenters. The average Bonchev–Trinajstić information content (AvgIpc) is 3.50. The van der Waals surface area contributed by atoms with Crippen molar-refractivity contribution in [2.75, 3.05) is 13.1 Å². The van der Waals surface area contributed by atoms with Crippen LogP contribution in [0.15, 0.2) is 41.8 Å². The number of benzene rings is 1. The maximum absolute atomic E-state index is 13.5. The molecule has 5 heteroatoms. The molecule has 0 N–H and O–H groups in total. The molecule has 1 saturated carbocycles. The van der Waals surface area contributed by atoms with E-state index in [4.69, 9.17) is 0 Å². The van der Waals surface area contributed by atoms with Crippen LogP contribution >= 0.6 is 11.3 Å². The highest BCUT2D eigenvalue weighted by Crippen LogP contribution is 2.38. The highest BCUT2D eigenvalue weighted by atomic mass is 32.1. The molecule has 4 nitrogen and oxygen atoms in total. The minimum atomic E-state index is -0.0468. The summed E-state index contributed by atoms with van der Waals surface area (Å²) in [7, 11) is 0. The second-order valence-electron chi connectivity index (χ2n) is 8.51. The van der Waals surface area contributed by atoms with E-state index >= 15 is 0 Å². The zero-order valence-electron chi connectivity index (χ0n) is 17.9. The fourth-order valence-corrected chi connectivity index (χ4v) is 5.37. The number of carbonyl (C=O) groups excluding carboxylic acids is 2. The maximum Gasteiger partial charge on any atom is 0.243 e. The number of unbranched alkanes of at least 4 members (excludes halogenated alkanes) is 3. The molecular formula is C25H32N2O2S. The monoisotopic (exact) mass is 424 g/mol. The third-order valence-electron chi connectivity index (χ3n) is 6.26. The van der Waals surface area contributed by atoms with Gasteiger partial charge in [-0.15, -0.1) is 11.3 Å². The molecule has 30 heavy (non-hydrogen) atoms. The normalized spacial score (nSPS) is 18.2. The summed E-state index contributed by atoms with van der Waals surface area (Å²) < 4.78 is 0. The van der Waals surface area contributed by atoms with E-state index in [-0.39, 0.29) is 30.4 Å². The smallest absolute Gasteiger partial charge is 0.243 e. The van der Waals surface area contributed by atoms with Gasteiger partial charge in [-0.2, -0.15) is 0 Å². The molecule has 4 rings (SSSR count). The molecule has 1 aromatic heterocycles. The molecule has 2 heterocycles. The molecule has 160 valence electrons. The van der Waals surface area contributed by atoms with Crippen LogP contribution in [0.2, 0.25) is 0 Å². The Labute approximate surface area is 183 Å². The molecule has 2 aliphatic rings. The summed E-state index contributed by atoms with van der Waals surface area (Å²) >= 11 is 1.78. The Kier molecular flexibility index (Phi) is 6.88. The molecule has 1 aliphatic carbocycles. The van der Waals surface area contributed by atoms with Crippen LogP contribution in [0, 0.1) is 0 Å². The Morgan fingerprint density at radius 1 is 1.10 bits per heavy atom. The Balaban J connectivity index is 1.49. The second kappa shape index (κ2) is 9.78. The van der Waals surface area contributed by atoms with Gasteiger partial charge >= 0.3 is 0 Å². The van der Waals surface area contributed by atoms with Gasteiger partial charge in [0.15, 0.2) is 0 Å². The highest BCUT2D eigenvalue weighted by molar-refractivity contribution is 7.10. The third kappa shape index (κ3) is 4.77.